The van der Waals surface area contributed by atoms with Gasteiger partial charge in [0, 0.05) is 13.1 Å². The van der Waals surface area contributed by atoms with E-state index in [9.17, 15) is 23.1 Å². The molecule has 0 spiro atoms. The Labute approximate surface area is 141 Å². The van der Waals surface area contributed by atoms with E-state index in [-0.39, 0.29) is 17.6 Å². The van der Waals surface area contributed by atoms with Gasteiger partial charge < -0.3 is 10.0 Å². The summed E-state index contributed by atoms with van der Waals surface area (Å²) in [6, 6.07) is 2.79. The number of fused-ring (bicyclic) bond motifs is 1. The lowest BCUT2D eigenvalue weighted by atomic mass is 10.1. The summed E-state index contributed by atoms with van der Waals surface area (Å²) in [6.45, 7) is 4.50. The third-order valence-electron chi connectivity index (χ3n) is 4.32. The molecule has 0 radical (unpaired) electrons. The van der Waals surface area contributed by atoms with Crippen LogP contribution in [0.3, 0.4) is 0 Å². The lowest BCUT2D eigenvalue weighted by Gasteiger charge is -2.43. The molecule has 0 unspecified atom stereocenters. The fourth-order valence-corrected chi connectivity index (χ4v) is 3.22. The number of halogens is 3. The van der Waals surface area contributed by atoms with Gasteiger partial charge in [0.15, 0.2) is 0 Å². The van der Waals surface area contributed by atoms with Gasteiger partial charge in [-0.2, -0.15) is 13.2 Å². The number of carboxylic acid groups (broad SMARTS) is 1. The fraction of sp³-hybridized carbons (Fsp3) is 0.438. The van der Waals surface area contributed by atoms with Gasteiger partial charge in [-0.15, -0.1) is 0 Å². The molecule has 2 aromatic rings. The van der Waals surface area contributed by atoms with Gasteiger partial charge in [-0.25, -0.2) is 9.78 Å². The number of piperazine rings is 1. The van der Waals surface area contributed by atoms with E-state index in [1.807, 2.05) is 4.90 Å². The predicted molar refractivity (Wildman–Crippen MR) is 85.5 cm³/mol. The molecule has 1 aromatic carbocycles. The SMILES string of the molecule is C[C@@H]1CN(c2cnc3cc(C(F)(F)F)ccc3n2)C[C@H](C)N1C(=O)O. The monoisotopic (exact) mass is 354 g/mol. The summed E-state index contributed by atoms with van der Waals surface area (Å²) >= 11 is 0. The van der Waals surface area contributed by atoms with Crippen molar-refractivity contribution in [2.24, 2.45) is 0 Å². The summed E-state index contributed by atoms with van der Waals surface area (Å²) < 4.78 is 38.3. The third kappa shape index (κ3) is 3.31. The largest absolute Gasteiger partial charge is 0.465 e. The van der Waals surface area contributed by atoms with Crippen LogP contribution in [0.15, 0.2) is 24.4 Å². The van der Waals surface area contributed by atoms with Crippen molar-refractivity contribution in [1.82, 2.24) is 14.9 Å². The standard InChI is InChI=1S/C16H17F3N4O2/c1-9-7-22(8-10(2)23(9)15(24)25)14-6-20-13-5-11(16(17,18)19)3-4-12(13)21-14/h3-6,9-10H,7-8H2,1-2H3,(H,24,25)/t9-,10+. The molecular formula is C16H17F3N4O2. The number of aromatic nitrogens is 2. The Morgan fingerprint density at radius 2 is 1.84 bits per heavy atom. The molecule has 2 heterocycles. The number of amides is 1. The summed E-state index contributed by atoms with van der Waals surface area (Å²) in [6.07, 6.45) is -3.96. The number of hydrogen-bond donors (Lipinski definition) is 1. The number of hydrogen-bond acceptors (Lipinski definition) is 4. The van der Waals surface area contributed by atoms with Gasteiger partial charge >= 0.3 is 12.3 Å². The maximum absolute atomic E-state index is 12.8. The molecule has 1 amide bonds. The van der Waals surface area contributed by atoms with Crippen LogP contribution in [0.1, 0.15) is 19.4 Å². The van der Waals surface area contributed by atoms with Gasteiger partial charge in [0.05, 0.1) is 34.9 Å². The highest BCUT2D eigenvalue weighted by Gasteiger charge is 2.34. The van der Waals surface area contributed by atoms with Crippen molar-refractivity contribution in [3.05, 3.63) is 30.0 Å². The van der Waals surface area contributed by atoms with Crippen LogP contribution in [-0.4, -0.2) is 51.2 Å². The molecule has 1 N–H and O–H groups in total. The zero-order chi connectivity index (χ0) is 18.4. The van der Waals surface area contributed by atoms with Crippen molar-refractivity contribution >= 4 is 22.9 Å². The van der Waals surface area contributed by atoms with Crippen molar-refractivity contribution in [3.63, 3.8) is 0 Å². The summed E-state index contributed by atoms with van der Waals surface area (Å²) in [5.74, 6) is 0.524. The number of alkyl halides is 3. The Hall–Kier alpha value is -2.58. The lowest BCUT2D eigenvalue weighted by molar-refractivity contribution is -0.137. The minimum absolute atomic E-state index is 0.170. The van der Waals surface area contributed by atoms with Crippen LogP contribution in [0.2, 0.25) is 0 Å². The average molecular weight is 354 g/mol. The molecule has 1 aliphatic rings. The number of nitrogens with zero attached hydrogens (tertiary/aromatic N) is 4. The minimum atomic E-state index is -4.42. The van der Waals surface area contributed by atoms with Gasteiger partial charge in [-0.05, 0) is 32.0 Å². The first kappa shape index (κ1) is 17.2. The van der Waals surface area contributed by atoms with Gasteiger partial charge in [-0.3, -0.25) is 9.88 Å². The molecule has 0 aliphatic carbocycles. The van der Waals surface area contributed by atoms with Crippen LogP contribution in [0.5, 0.6) is 0 Å². The lowest BCUT2D eigenvalue weighted by Crippen LogP contribution is -2.58. The molecule has 3 rings (SSSR count). The van der Waals surface area contributed by atoms with Crippen molar-refractivity contribution in [1.29, 1.82) is 0 Å². The molecule has 0 bridgehead atoms. The first-order valence-corrected chi connectivity index (χ1v) is 7.77. The van der Waals surface area contributed by atoms with E-state index in [4.69, 9.17) is 0 Å². The molecule has 1 fully saturated rings. The zero-order valence-electron chi connectivity index (χ0n) is 13.7. The summed E-state index contributed by atoms with van der Waals surface area (Å²) in [4.78, 5) is 23.1. The Morgan fingerprint density at radius 3 is 2.40 bits per heavy atom. The molecule has 1 saturated heterocycles. The van der Waals surface area contributed by atoms with Gasteiger partial charge in [0.2, 0.25) is 0 Å². The molecule has 0 saturated carbocycles. The first-order valence-electron chi connectivity index (χ1n) is 7.77. The first-order chi connectivity index (χ1) is 11.7. The van der Waals surface area contributed by atoms with E-state index >= 15 is 0 Å². The highest BCUT2D eigenvalue weighted by Crippen LogP contribution is 2.31. The second-order valence-electron chi connectivity index (χ2n) is 6.22. The molecule has 134 valence electrons. The van der Waals surface area contributed by atoms with Crippen LogP contribution < -0.4 is 4.90 Å². The van der Waals surface area contributed by atoms with Crippen molar-refractivity contribution < 1.29 is 23.1 Å². The summed E-state index contributed by atoms with van der Waals surface area (Å²) in [7, 11) is 0. The van der Waals surface area contributed by atoms with Crippen molar-refractivity contribution in [2.45, 2.75) is 32.1 Å². The zero-order valence-corrected chi connectivity index (χ0v) is 13.7. The molecule has 1 aromatic heterocycles. The van der Waals surface area contributed by atoms with Crippen LogP contribution >= 0.6 is 0 Å². The molecule has 2 atom stereocenters. The Morgan fingerprint density at radius 1 is 1.20 bits per heavy atom. The summed E-state index contributed by atoms with van der Waals surface area (Å²) in [5, 5.41) is 9.26. The van der Waals surface area contributed by atoms with Gasteiger partial charge in [0.1, 0.15) is 5.82 Å². The van der Waals surface area contributed by atoms with E-state index in [0.29, 0.717) is 24.4 Å². The maximum Gasteiger partial charge on any atom is 0.416 e. The molecule has 6 nitrogen and oxygen atoms in total. The van der Waals surface area contributed by atoms with E-state index < -0.39 is 17.8 Å². The van der Waals surface area contributed by atoms with Gasteiger partial charge in [0.25, 0.3) is 0 Å². The third-order valence-corrected chi connectivity index (χ3v) is 4.32. The Balaban J connectivity index is 1.89. The van der Waals surface area contributed by atoms with Crippen LogP contribution in [0, 0.1) is 0 Å². The Kier molecular flexibility index (Phi) is 4.18. The van der Waals surface area contributed by atoms with Gasteiger partial charge in [-0.1, -0.05) is 0 Å². The summed E-state index contributed by atoms with van der Waals surface area (Å²) in [5.41, 5.74) is -0.227. The molecule has 9 heteroatoms. The quantitative estimate of drug-likeness (QED) is 0.851. The molecule has 1 aliphatic heterocycles. The van der Waals surface area contributed by atoms with E-state index in [1.165, 1.54) is 17.2 Å². The second-order valence-corrected chi connectivity index (χ2v) is 6.22. The second kappa shape index (κ2) is 6.05. The maximum atomic E-state index is 12.8. The fourth-order valence-electron chi connectivity index (χ4n) is 3.22. The average Bonchev–Trinajstić information content (AvgIpc) is 2.51. The predicted octanol–water partition coefficient (Wildman–Crippen LogP) is 3.23. The van der Waals surface area contributed by atoms with E-state index in [1.54, 1.807) is 13.8 Å². The van der Waals surface area contributed by atoms with E-state index in [2.05, 4.69) is 9.97 Å². The normalized spacial score (nSPS) is 21.6. The van der Waals surface area contributed by atoms with Crippen LogP contribution in [0.25, 0.3) is 11.0 Å². The van der Waals surface area contributed by atoms with Crippen LogP contribution in [0.4, 0.5) is 23.8 Å². The smallest absolute Gasteiger partial charge is 0.416 e. The number of carbonyl (C=O) groups is 1. The highest BCUT2D eigenvalue weighted by atomic mass is 19.4. The topological polar surface area (TPSA) is 69.6 Å². The number of rotatable bonds is 1. The molecule has 25 heavy (non-hydrogen) atoms. The number of benzene rings is 1. The van der Waals surface area contributed by atoms with E-state index in [0.717, 1.165) is 12.1 Å². The number of anilines is 1. The van der Waals surface area contributed by atoms with Crippen molar-refractivity contribution in [3.8, 4) is 0 Å². The van der Waals surface area contributed by atoms with Crippen LogP contribution in [-0.2, 0) is 6.18 Å². The molecular weight excluding hydrogens is 337 g/mol. The highest BCUT2D eigenvalue weighted by molar-refractivity contribution is 5.76. The Bertz CT molecular complexity index is 800. The minimum Gasteiger partial charge on any atom is -0.465 e. The van der Waals surface area contributed by atoms with Crippen molar-refractivity contribution in [2.75, 3.05) is 18.0 Å².